The van der Waals surface area contributed by atoms with Crippen LogP contribution in [0.3, 0.4) is 0 Å². The number of hydrogen-bond acceptors (Lipinski definition) is 6. The van der Waals surface area contributed by atoms with E-state index >= 15 is 0 Å². The monoisotopic (exact) mass is 596 g/mol. The first-order chi connectivity index (χ1) is 16.1. The van der Waals surface area contributed by atoms with E-state index in [1.807, 2.05) is 78.6 Å². The van der Waals surface area contributed by atoms with Gasteiger partial charge < -0.3 is 0 Å². The van der Waals surface area contributed by atoms with Gasteiger partial charge in [-0.3, -0.25) is 0 Å². The first-order valence-electron chi connectivity index (χ1n) is 11.7. The van der Waals surface area contributed by atoms with Crippen LogP contribution >= 0.6 is 17.9 Å². The molecular weight excluding hydrogens is 559 g/mol. The topological polar surface area (TPSA) is 52.6 Å². The van der Waals surface area contributed by atoms with E-state index in [1.165, 1.54) is 8.87 Å². The molecule has 0 saturated heterocycles. The molecule has 0 spiro atoms. The second-order valence-electron chi connectivity index (χ2n) is 7.99. The number of carbonyl (C=O) groups excluding carboxylic acids is 2. The second kappa shape index (κ2) is 16.5. The molecule has 0 heterocycles. The van der Waals surface area contributed by atoms with Gasteiger partial charge in [-0.2, -0.15) is 0 Å². The Morgan fingerprint density at radius 3 is 1.45 bits per heavy atom. The van der Waals surface area contributed by atoms with Gasteiger partial charge in [0.05, 0.1) is 0 Å². The SMILES string of the molecule is CCC[CH2][Sn]([CH2]CCC)([S]CC(=O)OCc1ccccc1)[S]CC(=O)OCc1ccccc1. The van der Waals surface area contributed by atoms with Gasteiger partial charge in [0.2, 0.25) is 0 Å². The molecule has 0 aromatic heterocycles. The molecular formula is C26H36O4S2Sn. The molecule has 0 fully saturated rings. The van der Waals surface area contributed by atoms with Crippen molar-refractivity contribution in [3.8, 4) is 0 Å². The van der Waals surface area contributed by atoms with E-state index in [1.54, 1.807) is 0 Å². The zero-order valence-electron chi connectivity index (χ0n) is 19.8. The summed E-state index contributed by atoms with van der Waals surface area (Å²) >= 11 is -2.85. The summed E-state index contributed by atoms with van der Waals surface area (Å²) in [6, 6.07) is 19.5. The molecule has 0 saturated carbocycles. The van der Waals surface area contributed by atoms with Gasteiger partial charge in [-0.1, -0.05) is 0 Å². The molecule has 2 rings (SSSR count). The van der Waals surface area contributed by atoms with Gasteiger partial charge in [0.1, 0.15) is 0 Å². The maximum atomic E-state index is 12.5. The van der Waals surface area contributed by atoms with E-state index in [0.717, 1.165) is 36.8 Å². The summed E-state index contributed by atoms with van der Waals surface area (Å²) in [5.74, 6) is 0.431. The zero-order chi connectivity index (χ0) is 23.8. The van der Waals surface area contributed by atoms with E-state index in [9.17, 15) is 9.59 Å². The second-order valence-corrected chi connectivity index (χ2v) is 34.4. The summed E-state index contributed by atoms with van der Waals surface area (Å²) in [6.45, 7) is 5.03. The Hall–Kier alpha value is -1.12. The van der Waals surface area contributed by atoms with Crippen LogP contribution in [0.5, 0.6) is 0 Å². The Balaban J connectivity index is 1.91. The molecule has 0 aliphatic heterocycles. The van der Waals surface area contributed by atoms with Crippen molar-refractivity contribution in [2.24, 2.45) is 0 Å². The van der Waals surface area contributed by atoms with Gasteiger partial charge >= 0.3 is 209 Å². The van der Waals surface area contributed by atoms with Crippen molar-refractivity contribution >= 4 is 45.4 Å². The van der Waals surface area contributed by atoms with E-state index in [2.05, 4.69) is 13.8 Å². The molecule has 2 aromatic rings. The van der Waals surface area contributed by atoms with E-state index in [0.29, 0.717) is 24.7 Å². The number of carbonyl (C=O) groups is 2. The standard InChI is InChI=1S/2C9H10O2S.2C4H9.Sn/c2*10-9(7-12)11-6-8-4-2-1-3-5-8;2*1-3-4-2;/h2*1-5,12H,6-7H2;2*1,3-4H2,2H3;/q;;;;+2/p-2. The fourth-order valence-electron chi connectivity index (χ4n) is 3.29. The molecule has 0 bridgehead atoms. The van der Waals surface area contributed by atoms with Crippen LogP contribution in [0.25, 0.3) is 0 Å². The van der Waals surface area contributed by atoms with Crippen LogP contribution in [0, 0.1) is 0 Å². The van der Waals surface area contributed by atoms with E-state index < -0.39 is 15.6 Å². The third-order valence-corrected chi connectivity index (χ3v) is 35.1. The van der Waals surface area contributed by atoms with Gasteiger partial charge in [-0.15, -0.1) is 0 Å². The minimum atomic E-state index is -2.85. The normalized spacial score (nSPS) is 11.2. The first-order valence-corrected chi connectivity index (χ1v) is 24.7. The molecule has 0 N–H and O–H groups in total. The van der Waals surface area contributed by atoms with Gasteiger partial charge in [-0.25, -0.2) is 0 Å². The van der Waals surface area contributed by atoms with E-state index in [-0.39, 0.29) is 11.9 Å². The Morgan fingerprint density at radius 2 is 1.09 bits per heavy atom. The number of unbranched alkanes of at least 4 members (excludes halogenated alkanes) is 2. The van der Waals surface area contributed by atoms with Crippen molar-refractivity contribution < 1.29 is 19.1 Å². The molecule has 33 heavy (non-hydrogen) atoms. The summed E-state index contributed by atoms with van der Waals surface area (Å²) in [6.07, 6.45) is 4.56. The van der Waals surface area contributed by atoms with Crippen LogP contribution in [0.1, 0.15) is 50.7 Å². The molecule has 7 heteroatoms. The molecule has 0 aliphatic rings. The van der Waals surface area contributed by atoms with Crippen LogP contribution in [-0.4, -0.2) is 39.1 Å². The Morgan fingerprint density at radius 1 is 0.697 bits per heavy atom. The van der Waals surface area contributed by atoms with Crippen LogP contribution in [0.15, 0.2) is 60.7 Å². The van der Waals surface area contributed by atoms with Crippen LogP contribution in [0.2, 0.25) is 8.87 Å². The van der Waals surface area contributed by atoms with Gasteiger partial charge in [0.15, 0.2) is 0 Å². The minimum absolute atomic E-state index is 0.162. The van der Waals surface area contributed by atoms with Crippen molar-refractivity contribution in [3.05, 3.63) is 71.8 Å². The molecule has 0 aliphatic carbocycles. The van der Waals surface area contributed by atoms with Crippen LogP contribution < -0.4 is 0 Å². The van der Waals surface area contributed by atoms with Crippen LogP contribution in [0.4, 0.5) is 0 Å². The third-order valence-electron chi connectivity index (χ3n) is 5.21. The molecule has 0 amide bonds. The summed E-state index contributed by atoms with van der Waals surface area (Å²) < 4.78 is 13.4. The average molecular weight is 595 g/mol. The van der Waals surface area contributed by atoms with Gasteiger partial charge in [0.25, 0.3) is 0 Å². The fraction of sp³-hybridized carbons (Fsp3) is 0.462. The average Bonchev–Trinajstić information content (AvgIpc) is 2.86. The maximum absolute atomic E-state index is 12.5. The number of benzene rings is 2. The van der Waals surface area contributed by atoms with Gasteiger partial charge in [-0.05, 0) is 0 Å². The van der Waals surface area contributed by atoms with Crippen molar-refractivity contribution in [2.75, 3.05) is 11.5 Å². The Bertz CT molecular complexity index is 748. The Kier molecular flexibility index (Phi) is 14.1. The molecule has 2 aromatic carbocycles. The van der Waals surface area contributed by atoms with Crippen molar-refractivity contribution in [1.82, 2.24) is 0 Å². The summed E-state index contributed by atoms with van der Waals surface area (Å²) in [5, 5.41) is 0. The molecule has 0 unspecified atom stereocenters. The number of esters is 2. The van der Waals surface area contributed by atoms with Crippen molar-refractivity contribution in [3.63, 3.8) is 0 Å². The predicted molar refractivity (Wildman–Crippen MR) is 143 cm³/mol. The summed E-state index contributed by atoms with van der Waals surface area (Å²) in [5.41, 5.74) is 2.00. The zero-order valence-corrected chi connectivity index (χ0v) is 24.3. The molecule has 180 valence electrons. The predicted octanol–water partition coefficient (Wildman–Crippen LogP) is 6.98. The summed E-state index contributed by atoms with van der Waals surface area (Å²) in [7, 11) is 3.68. The number of rotatable bonds is 16. The Labute approximate surface area is 208 Å². The van der Waals surface area contributed by atoms with Crippen LogP contribution in [-0.2, 0) is 32.3 Å². The third kappa shape index (κ3) is 11.7. The first kappa shape index (κ1) is 28.1. The summed E-state index contributed by atoms with van der Waals surface area (Å²) in [4.78, 5) is 25.0. The molecule has 4 nitrogen and oxygen atoms in total. The van der Waals surface area contributed by atoms with Crippen molar-refractivity contribution in [1.29, 1.82) is 0 Å². The van der Waals surface area contributed by atoms with Gasteiger partial charge in [0, 0.05) is 0 Å². The molecule has 0 atom stereocenters. The van der Waals surface area contributed by atoms with E-state index in [4.69, 9.17) is 9.47 Å². The molecule has 0 radical (unpaired) electrons. The quantitative estimate of drug-likeness (QED) is 0.154. The number of ether oxygens (including phenoxy) is 2. The number of hydrogen-bond donors (Lipinski definition) is 0. The van der Waals surface area contributed by atoms with Crippen molar-refractivity contribution in [2.45, 2.75) is 61.6 Å². The fourth-order valence-corrected chi connectivity index (χ4v) is 30.8.